The van der Waals surface area contributed by atoms with E-state index in [4.69, 9.17) is 4.74 Å². The first-order valence-electron chi connectivity index (χ1n) is 3.56. The molecule has 70 valence electrons. The average molecular weight is 213 g/mol. The van der Waals surface area contributed by atoms with Crippen molar-refractivity contribution in [3.63, 3.8) is 0 Å². The van der Waals surface area contributed by atoms with Crippen LogP contribution >= 0.6 is 12.4 Å². The van der Waals surface area contributed by atoms with Crippen LogP contribution in [0.5, 0.6) is 0 Å². The number of rotatable bonds is 2. The maximum absolute atomic E-state index is 11.0. The van der Waals surface area contributed by atoms with Gasteiger partial charge in [0.15, 0.2) is 0 Å². The van der Waals surface area contributed by atoms with Gasteiger partial charge in [-0.05, 0) is 19.1 Å². The Morgan fingerprint density at radius 2 is 1.92 bits per heavy atom. The molecule has 0 unspecified atom stereocenters. The molecule has 0 saturated carbocycles. The van der Waals surface area contributed by atoms with E-state index in [0.29, 0.717) is 12.2 Å². The van der Waals surface area contributed by atoms with E-state index in [0.717, 1.165) is 0 Å². The maximum atomic E-state index is 11.0. The Hall–Kier alpha value is -0.254. The molecule has 0 amide bonds. The van der Waals surface area contributed by atoms with E-state index in [9.17, 15) is 4.79 Å². The molecule has 1 rings (SSSR count). The SMILES string of the molecule is CCOC(=O)c1ccccc1.Cl.[H-].[H-].[Mg+2]. The molecule has 0 fully saturated rings. The minimum Gasteiger partial charge on any atom is -1.00 e. The summed E-state index contributed by atoms with van der Waals surface area (Å²) in [6, 6.07) is 8.96. The molecule has 0 spiro atoms. The van der Waals surface area contributed by atoms with E-state index >= 15 is 0 Å². The molecular weight excluding hydrogens is 200 g/mol. The van der Waals surface area contributed by atoms with Crippen LogP contribution in [0.25, 0.3) is 0 Å². The molecule has 0 aliphatic carbocycles. The molecule has 0 atom stereocenters. The minimum atomic E-state index is -0.256. The molecule has 0 heterocycles. The molecule has 1 aromatic carbocycles. The Morgan fingerprint density at radius 1 is 1.38 bits per heavy atom. The third-order valence-electron chi connectivity index (χ3n) is 1.28. The fraction of sp³-hybridized carbons (Fsp3) is 0.222. The predicted octanol–water partition coefficient (Wildman–Crippen LogP) is 2.13. The molecule has 0 aromatic heterocycles. The summed E-state index contributed by atoms with van der Waals surface area (Å²) in [6.07, 6.45) is 0. The van der Waals surface area contributed by atoms with Gasteiger partial charge in [-0.3, -0.25) is 0 Å². The van der Waals surface area contributed by atoms with Crippen molar-refractivity contribution >= 4 is 41.4 Å². The van der Waals surface area contributed by atoms with E-state index in [1.165, 1.54) is 0 Å². The monoisotopic (exact) mass is 212 g/mol. The fourth-order valence-corrected chi connectivity index (χ4v) is 0.789. The average Bonchev–Trinajstić information content (AvgIpc) is 2.07. The maximum Gasteiger partial charge on any atom is 2.00 e. The third-order valence-corrected chi connectivity index (χ3v) is 1.28. The molecule has 0 N–H and O–H groups in total. The van der Waals surface area contributed by atoms with Crippen LogP contribution in [0.2, 0.25) is 0 Å². The molecule has 2 nitrogen and oxygen atoms in total. The van der Waals surface area contributed by atoms with Crippen LogP contribution in [0.15, 0.2) is 30.3 Å². The Kier molecular flexibility index (Phi) is 9.78. The second-order valence-electron chi connectivity index (χ2n) is 2.09. The zero-order valence-corrected chi connectivity index (χ0v) is 9.76. The molecular formula is C9H13ClMgO2. The predicted molar refractivity (Wildman–Crippen MR) is 57.6 cm³/mol. The van der Waals surface area contributed by atoms with Gasteiger partial charge >= 0.3 is 29.0 Å². The van der Waals surface area contributed by atoms with Crippen molar-refractivity contribution in [1.82, 2.24) is 0 Å². The van der Waals surface area contributed by atoms with E-state index < -0.39 is 0 Å². The van der Waals surface area contributed by atoms with Gasteiger partial charge in [-0.25, -0.2) is 4.79 Å². The zero-order valence-electron chi connectivity index (χ0n) is 9.53. The van der Waals surface area contributed by atoms with Crippen molar-refractivity contribution < 1.29 is 12.4 Å². The van der Waals surface area contributed by atoms with Crippen molar-refractivity contribution in [3.8, 4) is 0 Å². The van der Waals surface area contributed by atoms with Crippen LogP contribution in [0.4, 0.5) is 0 Å². The van der Waals surface area contributed by atoms with Crippen molar-refractivity contribution in [1.29, 1.82) is 0 Å². The Morgan fingerprint density at radius 3 is 2.38 bits per heavy atom. The van der Waals surface area contributed by atoms with Gasteiger partial charge in [0.25, 0.3) is 0 Å². The summed E-state index contributed by atoms with van der Waals surface area (Å²) in [5.74, 6) is -0.256. The summed E-state index contributed by atoms with van der Waals surface area (Å²) in [5, 5.41) is 0. The number of esters is 1. The summed E-state index contributed by atoms with van der Waals surface area (Å²) in [4.78, 5) is 11.0. The molecule has 0 aliphatic heterocycles. The summed E-state index contributed by atoms with van der Waals surface area (Å²) in [7, 11) is 0. The van der Waals surface area contributed by atoms with Gasteiger partial charge in [0.05, 0.1) is 12.2 Å². The molecule has 0 bridgehead atoms. The first-order valence-corrected chi connectivity index (χ1v) is 3.56. The normalized spacial score (nSPS) is 7.77. The van der Waals surface area contributed by atoms with E-state index in [2.05, 4.69) is 0 Å². The second-order valence-corrected chi connectivity index (χ2v) is 2.09. The van der Waals surface area contributed by atoms with Gasteiger partial charge < -0.3 is 7.59 Å². The molecule has 1 aromatic rings. The van der Waals surface area contributed by atoms with Crippen LogP contribution in [0.3, 0.4) is 0 Å². The standard InChI is InChI=1S/C9H10O2.ClH.Mg.2H/c1-2-11-9(10)8-6-4-3-5-7-8;;;;/h3-7H,2H2,1H3;1H;;;/q;;+2;2*-1. The van der Waals surface area contributed by atoms with Crippen LogP contribution < -0.4 is 0 Å². The first-order chi connectivity index (χ1) is 5.34. The smallest absolute Gasteiger partial charge is 1.00 e. The number of benzene rings is 1. The Balaban J connectivity index is -0.000000151. The molecule has 0 saturated heterocycles. The molecule has 0 aliphatic rings. The summed E-state index contributed by atoms with van der Waals surface area (Å²) >= 11 is 0. The van der Waals surface area contributed by atoms with Crippen molar-refractivity contribution in [2.24, 2.45) is 0 Å². The zero-order chi connectivity index (χ0) is 8.10. The van der Waals surface area contributed by atoms with Gasteiger partial charge in [0.2, 0.25) is 0 Å². The Labute approximate surface area is 103 Å². The van der Waals surface area contributed by atoms with Gasteiger partial charge in [0.1, 0.15) is 0 Å². The number of ether oxygens (including phenoxy) is 1. The van der Waals surface area contributed by atoms with E-state index in [-0.39, 0.29) is 44.3 Å². The van der Waals surface area contributed by atoms with Crippen LogP contribution in [-0.2, 0) is 4.74 Å². The van der Waals surface area contributed by atoms with Gasteiger partial charge in [-0.1, -0.05) is 18.2 Å². The van der Waals surface area contributed by atoms with Crippen LogP contribution in [0.1, 0.15) is 20.1 Å². The molecule has 0 radical (unpaired) electrons. The quantitative estimate of drug-likeness (QED) is 0.555. The van der Waals surface area contributed by atoms with Gasteiger partial charge in [0, 0.05) is 0 Å². The molecule has 13 heavy (non-hydrogen) atoms. The minimum absolute atomic E-state index is 0. The topological polar surface area (TPSA) is 26.3 Å². The van der Waals surface area contributed by atoms with E-state index in [1.807, 2.05) is 18.2 Å². The number of carbonyl (C=O) groups is 1. The van der Waals surface area contributed by atoms with Crippen molar-refractivity contribution in [2.45, 2.75) is 6.92 Å². The largest absolute Gasteiger partial charge is 2.00 e. The number of hydrogen-bond donors (Lipinski definition) is 0. The number of halogens is 1. The molecule has 4 heteroatoms. The van der Waals surface area contributed by atoms with Crippen molar-refractivity contribution in [3.05, 3.63) is 35.9 Å². The third kappa shape index (κ3) is 5.13. The fourth-order valence-electron chi connectivity index (χ4n) is 0.789. The van der Waals surface area contributed by atoms with E-state index in [1.54, 1.807) is 19.1 Å². The van der Waals surface area contributed by atoms with Gasteiger partial charge in [-0.2, -0.15) is 0 Å². The van der Waals surface area contributed by atoms with Crippen molar-refractivity contribution in [2.75, 3.05) is 6.61 Å². The number of hydrogen-bond acceptors (Lipinski definition) is 2. The number of carbonyl (C=O) groups excluding carboxylic acids is 1. The van der Waals surface area contributed by atoms with Crippen LogP contribution in [-0.4, -0.2) is 35.6 Å². The van der Waals surface area contributed by atoms with Gasteiger partial charge in [-0.15, -0.1) is 12.4 Å². The first kappa shape index (κ1) is 15.2. The summed E-state index contributed by atoms with van der Waals surface area (Å²) in [5.41, 5.74) is 0.606. The van der Waals surface area contributed by atoms with Crippen LogP contribution in [0, 0.1) is 0 Å². The second kappa shape index (κ2) is 8.35. The summed E-state index contributed by atoms with van der Waals surface area (Å²) < 4.78 is 4.79. The Bertz CT molecular complexity index is 247. The summed E-state index contributed by atoms with van der Waals surface area (Å²) in [6.45, 7) is 2.22.